The van der Waals surface area contributed by atoms with Gasteiger partial charge in [-0.1, -0.05) is 43.3 Å². The van der Waals surface area contributed by atoms with Gasteiger partial charge in [-0.3, -0.25) is 18.7 Å². The Hall–Kier alpha value is -5.80. The maximum atomic E-state index is 12.5. The Labute approximate surface area is 317 Å². The van der Waals surface area contributed by atoms with Crippen LogP contribution in [0.15, 0.2) is 86.0 Å². The number of nitrogens with one attached hydrogen (secondary N) is 2. The molecule has 10 rings (SSSR count). The fourth-order valence-corrected chi connectivity index (χ4v) is 7.52. The lowest BCUT2D eigenvalue weighted by Crippen LogP contribution is -2.44. The first-order valence-corrected chi connectivity index (χ1v) is 17.9. The number of hydrogen-bond donors (Lipinski definition) is 5. The SMILES string of the molecule is CC[C@]12CO[C@@H](C1O)[C@H](n1cnc3c(NC(=O)c4ccccc4)ncnc31)O2.O=C(Nc1ncnc2c1ncn2[C@@H]1O[C@@]2(CO)CO[C@H]1C2O)c1ccccc1. The van der Waals surface area contributed by atoms with Gasteiger partial charge < -0.3 is 44.9 Å². The van der Waals surface area contributed by atoms with Gasteiger partial charge in [-0.25, -0.2) is 29.9 Å². The first kappa shape index (κ1) is 35.9. The zero-order valence-corrected chi connectivity index (χ0v) is 29.7. The smallest absolute Gasteiger partial charge is 0.256 e. The molecule has 4 aliphatic heterocycles. The van der Waals surface area contributed by atoms with Crippen molar-refractivity contribution in [2.24, 2.45) is 0 Å². The Balaban J connectivity index is 0.000000146. The summed E-state index contributed by atoms with van der Waals surface area (Å²) in [7, 11) is 0. The Bertz CT molecular complexity index is 2250. The van der Waals surface area contributed by atoms with Crippen molar-refractivity contribution in [2.45, 2.75) is 61.4 Å². The number of aliphatic hydroxyl groups is 3. The number of nitrogens with zero attached hydrogens (tertiary/aromatic N) is 8. The van der Waals surface area contributed by atoms with Crippen LogP contribution in [0.1, 0.15) is 46.5 Å². The maximum Gasteiger partial charge on any atom is 0.256 e. The standard InChI is InChI=1S/C19H19N5O4.C18H17N5O5/c1-2-19-8-27-13(14(19)25)18(28-19)24-10-22-12-15(20-9-21-16(12)24)23-17(26)11-6-4-3-5-7-11;24-6-18-7-27-12(13(18)25)17(28-18)23-9-21-11-14(19-8-20-15(11)23)22-16(26)10-4-2-1-3-5-10/h3-7,9-10,13-14,18,25H,2,8H2,1H3,(H,20,21,23,26);1-5,8-9,12-13,17,24-25H,6-7H2,(H,19,20,22,26)/t13-,14?,18+,19-;12-,13?,17+,18-/m00/s1. The van der Waals surface area contributed by atoms with Gasteiger partial charge in [-0.15, -0.1) is 0 Å². The third kappa shape index (κ3) is 5.79. The summed E-state index contributed by atoms with van der Waals surface area (Å²) >= 11 is 0. The second kappa shape index (κ2) is 14.0. The van der Waals surface area contributed by atoms with Crippen LogP contribution in [-0.4, -0.2) is 122 Å². The van der Waals surface area contributed by atoms with E-state index in [2.05, 4.69) is 40.5 Å². The second-order valence-electron chi connectivity index (χ2n) is 13.8. The van der Waals surface area contributed by atoms with E-state index in [0.717, 1.165) is 0 Å². The summed E-state index contributed by atoms with van der Waals surface area (Å²) < 4.78 is 26.7. The molecular formula is C37H36N10O9. The van der Waals surface area contributed by atoms with Crippen LogP contribution in [0.25, 0.3) is 22.3 Å². The van der Waals surface area contributed by atoms with Crippen LogP contribution in [-0.2, 0) is 18.9 Å². The predicted molar refractivity (Wildman–Crippen MR) is 194 cm³/mol. The van der Waals surface area contributed by atoms with E-state index in [4.69, 9.17) is 18.9 Å². The quantitative estimate of drug-likeness (QED) is 0.148. The molecule has 0 radical (unpaired) electrons. The molecule has 8 heterocycles. The lowest BCUT2D eigenvalue weighted by Gasteiger charge is -2.30. The summed E-state index contributed by atoms with van der Waals surface area (Å²) in [6.07, 6.45) is 2.33. The van der Waals surface area contributed by atoms with Crippen molar-refractivity contribution < 1.29 is 43.9 Å². The number of ether oxygens (including phenoxy) is 4. The summed E-state index contributed by atoms with van der Waals surface area (Å²) in [5.74, 6) is -0.0224. The van der Waals surface area contributed by atoms with E-state index < -0.39 is 48.1 Å². The van der Waals surface area contributed by atoms with Crippen LogP contribution in [0, 0.1) is 0 Å². The molecule has 288 valence electrons. The minimum Gasteiger partial charge on any atom is -0.393 e. The molecule has 2 aromatic carbocycles. The molecule has 56 heavy (non-hydrogen) atoms. The molecule has 6 aromatic rings. The van der Waals surface area contributed by atoms with Crippen LogP contribution in [0.2, 0.25) is 0 Å². The largest absolute Gasteiger partial charge is 0.393 e. The average Bonchev–Trinajstić information content (AvgIpc) is 4.10. The number of amides is 2. The van der Waals surface area contributed by atoms with Crippen molar-refractivity contribution >= 4 is 45.8 Å². The highest BCUT2D eigenvalue weighted by Crippen LogP contribution is 2.48. The number of aliphatic hydroxyl groups excluding tert-OH is 3. The number of aromatic nitrogens is 8. The number of carbonyl (C=O) groups is 2. The van der Waals surface area contributed by atoms with E-state index in [-0.39, 0.29) is 30.8 Å². The summed E-state index contributed by atoms with van der Waals surface area (Å²) in [6, 6.07) is 17.6. The van der Waals surface area contributed by atoms with Crippen LogP contribution >= 0.6 is 0 Å². The molecule has 0 aliphatic carbocycles. The number of hydrogen-bond acceptors (Lipinski definition) is 15. The highest BCUT2D eigenvalue weighted by atomic mass is 16.7. The summed E-state index contributed by atoms with van der Waals surface area (Å²) in [4.78, 5) is 50.4. The molecule has 4 aliphatic rings. The van der Waals surface area contributed by atoms with Crippen molar-refractivity contribution in [2.75, 3.05) is 30.5 Å². The Morgan fingerprint density at radius 3 is 1.57 bits per heavy atom. The van der Waals surface area contributed by atoms with E-state index in [1.165, 1.54) is 19.0 Å². The minimum absolute atomic E-state index is 0.117. The summed E-state index contributed by atoms with van der Waals surface area (Å²) in [5, 5.41) is 36.1. The Morgan fingerprint density at radius 1 is 0.696 bits per heavy atom. The van der Waals surface area contributed by atoms with Crippen molar-refractivity contribution in [1.29, 1.82) is 0 Å². The molecule has 5 N–H and O–H groups in total. The van der Waals surface area contributed by atoms with Crippen LogP contribution < -0.4 is 10.6 Å². The first-order chi connectivity index (χ1) is 27.3. The number of benzene rings is 2. The second-order valence-corrected chi connectivity index (χ2v) is 13.8. The molecule has 4 fully saturated rings. The van der Waals surface area contributed by atoms with Crippen molar-refractivity contribution in [3.05, 3.63) is 97.1 Å². The molecule has 19 heteroatoms. The molecule has 0 spiro atoms. The number of rotatable bonds is 8. The van der Waals surface area contributed by atoms with Crippen molar-refractivity contribution in [1.82, 2.24) is 39.0 Å². The van der Waals surface area contributed by atoms with Gasteiger partial charge >= 0.3 is 0 Å². The van der Waals surface area contributed by atoms with E-state index >= 15 is 0 Å². The fraction of sp³-hybridized carbons (Fsp3) is 0.351. The molecule has 4 aromatic heterocycles. The predicted octanol–water partition coefficient (Wildman–Crippen LogP) is 1.61. The van der Waals surface area contributed by atoms with Gasteiger partial charge in [0.05, 0.1) is 32.5 Å². The Morgan fingerprint density at radius 2 is 1.14 bits per heavy atom. The van der Waals surface area contributed by atoms with Gasteiger partial charge in [0, 0.05) is 11.1 Å². The average molecular weight is 765 g/mol. The monoisotopic (exact) mass is 764 g/mol. The highest BCUT2D eigenvalue weighted by molar-refractivity contribution is 6.07. The van der Waals surface area contributed by atoms with E-state index in [1.807, 2.05) is 19.1 Å². The zero-order valence-electron chi connectivity index (χ0n) is 29.7. The normalized spacial score (nSPS) is 28.7. The maximum absolute atomic E-state index is 12.5. The van der Waals surface area contributed by atoms with Gasteiger partial charge in [0.2, 0.25) is 0 Å². The van der Waals surface area contributed by atoms with Gasteiger partial charge in [-0.2, -0.15) is 0 Å². The molecule has 2 unspecified atom stereocenters. The first-order valence-electron chi connectivity index (χ1n) is 17.9. The summed E-state index contributed by atoms with van der Waals surface area (Å²) in [6.45, 7) is 2.08. The number of carbonyl (C=O) groups excluding carboxylic acids is 2. The van der Waals surface area contributed by atoms with Crippen molar-refractivity contribution in [3.63, 3.8) is 0 Å². The number of imidazole rings is 2. The molecular weight excluding hydrogens is 728 g/mol. The Kier molecular flexibility index (Phi) is 9.00. The third-order valence-corrected chi connectivity index (χ3v) is 10.7. The molecule has 19 nitrogen and oxygen atoms in total. The van der Waals surface area contributed by atoms with Crippen LogP contribution in [0.5, 0.6) is 0 Å². The van der Waals surface area contributed by atoms with Gasteiger partial charge in [0.1, 0.15) is 48.3 Å². The third-order valence-electron chi connectivity index (χ3n) is 10.7. The number of anilines is 2. The van der Waals surface area contributed by atoms with Crippen LogP contribution in [0.3, 0.4) is 0 Å². The van der Waals surface area contributed by atoms with Gasteiger partial charge in [0.15, 0.2) is 46.4 Å². The van der Waals surface area contributed by atoms with Gasteiger partial charge in [-0.05, 0) is 30.7 Å². The minimum atomic E-state index is -1.15. The topological polar surface area (TPSA) is 243 Å². The van der Waals surface area contributed by atoms with E-state index in [9.17, 15) is 24.9 Å². The molecule has 4 bridgehead atoms. The lowest BCUT2D eigenvalue weighted by atomic mass is 9.96. The zero-order chi connectivity index (χ0) is 38.6. The molecule has 8 atom stereocenters. The lowest BCUT2D eigenvalue weighted by molar-refractivity contribution is -0.185. The molecule has 0 saturated carbocycles. The molecule has 4 saturated heterocycles. The van der Waals surface area contributed by atoms with E-state index in [0.29, 0.717) is 52.3 Å². The summed E-state index contributed by atoms with van der Waals surface area (Å²) in [5.41, 5.74) is 0.895. The van der Waals surface area contributed by atoms with Gasteiger partial charge in [0.25, 0.3) is 11.8 Å². The van der Waals surface area contributed by atoms with Crippen molar-refractivity contribution in [3.8, 4) is 0 Å². The van der Waals surface area contributed by atoms with Crippen LogP contribution in [0.4, 0.5) is 11.6 Å². The molecule has 2 amide bonds. The fourth-order valence-electron chi connectivity index (χ4n) is 7.52. The highest BCUT2D eigenvalue weighted by Gasteiger charge is 2.62. The number of fused-ring (bicyclic) bond motifs is 6. The van der Waals surface area contributed by atoms with E-state index in [1.54, 1.807) is 64.0 Å².